The highest BCUT2D eigenvalue weighted by Crippen LogP contribution is 2.23. The number of hydrogen-bond acceptors (Lipinski definition) is 3. The summed E-state index contributed by atoms with van der Waals surface area (Å²) in [6.45, 7) is 4.44. The maximum absolute atomic E-state index is 6.09. The number of aromatic nitrogens is 2. The number of nitrogens with zero attached hydrogens (tertiary/aromatic N) is 2. The lowest BCUT2D eigenvalue weighted by molar-refractivity contribution is 0.00674. The highest BCUT2D eigenvalue weighted by molar-refractivity contribution is 5.59. The van der Waals surface area contributed by atoms with Crippen molar-refractivity contribution in [3.63, 3.8) is 0 Å². The average Bonchev–Trinajstić information content (AvgIpc) is 3.03. The molecule has 1 aliphatic heterocycles. The zero-order valence-electron chi connectivity index (χ0n) is 12.6. The van der Waals surface area contributed by atoms with E-state index in [9.17, 15) is 0 Å². The zero-order valence-corrected chi connectivity index (χ0v) is 12.6. The molecular formula is C17H23N3O. The minimum Gasteiger partial charge on any atom is -0.457 e. The van der Waals surface area contributed by atoms with E-state index in [4.69, 9.17) is 4.74 Å². The van der Waals surface area contributed by atoms with Crippen molar-refractivity contribution >= 4 is 0 Å². The lowest BCUT2D eigenvalue weighted by Crippen LogP contribution is -2.42. The second-order valence-corrected chi connectivity index (χ2v) is 5.56. The Hall–Kier alpha value is -1.81. The molecule has 1 atom stereocenters. The minimum atomic E-state index is 0.136. The summed E-state index contributed by atoms with van der Waals surface area (Å²) in [5.74, 6) is 0.686. The Bertz CT molecular complexity index is 546. The monoisotopic (exact) mass is 285 g/mol. The van der Waals surface area contributed by atoms with Gasteiger partial charge in [-0.05, 0) is 24.8 Å². The van der Waals surface area contributed by atoms with Gasteiger partial charge in [0.1, 0.15) is 0 Å². The molecule has 1 N–H and O–H groups in total. The van der Waals surface area contributed by atoms with Crippen molar-refractivity contribution in [1.29, 1.82) is 0 Å². The summed E-state index contributed by atoms with van der Waals surface area (Å²) in [5, 5.41) is 7.36. The molecule has 0 bridgehead atoms. The summed E-state index contributed by atoms with van der Waals surface area (Å²) in [6.07, 6.45) is 5.00. The number of aromatic amines is 1. The molecule has 2 aromatic rings. The van der Waals surface area contributed by atoms with Crippen LogP contribution in [0, 0.1) is 0 Å². The Morgan fingerprint density at radius 1 is 1.19 bits per heavy atom. The smallest absolute Gasteiger partial charge is 0.234 e. The Morgan fingerprint density at radius 2 is 1.95 bits per heavy atom. The second-order valence-electron chi connectivity index (χ2n) is 5.56. The fourth-order valence-corrected chi connectivity index (χ4v) is 2.89. The quantitative estimate of drug-likeness (QED) is 0.911. The Morgan fingerprint density at radius 3 is 2.67 bits per heavy atom. The van der Waals surface area contributed by atoms with E-state index in [0.717, 1.165) is 30.8 Å². The summed E-state index contributed by atoms with van der Waals surface area (Å²) < 4.78 is 6.09. The van der Waals surface area contributed by atoms with E-state index in [2.05, 4.69) is 34.2 Å². The molecule has 1 unspecified atom stereocenters. The summed E-state index contributed by atoms with van der Waals surface area (Å²) in [6, 6.07) is 12.2. The van der Waals surface area contributed by atoms with Gasteiger partial charge >= 0.3 is 0 Å². The van der Waals surface area contributed by atoms with Gasteiger partial charge in [0.2, 0.25) is 5.88 Å². The fraction of sp³-hybridized carbons (Fsp3) is 0.471. The first kappa shape index (κ1) is 14.1. The van der Waals surface area contributed by atoms with Crippen molar-refractivity contribution in [2.24, 2.45) is 0 Å². The first-order valence-electron chi connectivity index (χ1n) is 7.88. The van der Waals surface area contributed by atoms with E-state index >= 15 is 0 Å². The number of H-pyrrole nitrogens is 1. The third-order valence-electron chi connectivity index (χ3n) is 4.04. The zero-order chi connectivity index (χ0) is 14.5. The maximum Gasteiger partial charge on any atom is 0.234 e. The van der Waals surface area contributed by atoms with Gasteiger partial charge in [-0.2, -0.15) is 0 Å². The second kappa shape index (κ2) is 6.76. The summed E-state index contributed by atoms with van der Waals surface area (Å²) in [5.41, 5.74) is 2.13. The van der Waals surface area contributed by atoms with E-state index in [-0.39, 0.29) is 6.23 Å². The van der Waals surface area contributed by atoms with Crippen molar-refractivity contribution in [3.05, 3.63) is 36.4 Å². The van der Waals surface area contributed by atoms with E-state index < -0.39 is 0 Å². The van der Waals surface area contributed by atoms with Crippen LogP contribution >= 0.6 is 0 Å². The number of ether oxygens (including phenoxy) is 1. The Balaban J connectivity index is 1.68. The van der Waals surface area contributed by atoms with Gasteiger partial charge in [-0.15, -0.1) is 5.10 Å². The largest absolute Gasteiger partial charge is 0.457 e. The predicted octanol–water partition coefficient (Wildman–Crippen LogP) is 3.68. The molecule has 0 amide bonds. The van der Waals surface area contributed by atoms with Crippen LogP contribution in [-0.4, -0.2) is 34.4 Å². The minimum absolute atomic E-state index is 0.136. The van der Waals surface area contributed by atoms with Gasteiger partial charge < -0.3 is 4.74 Å². The van der Waals surface area contributed by atoms with Gasteiger partial charge in [0.15, 0.2) is 6.23 Å². The number of benzene rings is 1. The number of likely N-dealkylation sites (tertiary alicyclic amines) is 1. The van der Waals surface area contributed by atoms with Crippen LogP contribution in [0.4, 0.5) is 0 Å². The molecule has 1 aliphatic rings. The lowest BCUT2D eigenvalue weighted by Gasteiger charge is -2.33. The molecule has 2 heterocycles. The van der Waals surface area contributed by atoms with Crippen LogP contribution in [0.25, 0.3) is 11.3 Å². The Kier molecular flexibility index (Phi) is 4.55. The molecule has 0 aliphatic carbocycles. The van der Waals surface area contributed by atoms with Crippen molar-refractivity contribution in [2.45, 2.75) is 38.8 Å². The molecule has 4 nitrogen and oxygen atoms in total. The normalized spacial score (nSPS) is 17.6. The predicted molar refractivity (Wildman–Crippen MR) is 84.2 cm³/mol. The SMILES string of the molecule is CCC(Oc1cc(-c2ccccc2)[nH]n1)N1CCCCC1. The third kappa shape index (κ3) is 3.45. The van der Waals surface area contributed by atoms with E-state index in [1.54, 1.807) is 0 Å². The van der Waals surface area contributed by atoms with Crippen LogP contribution in [-0.2, 0) is 0 Å². The first-order chi connectivity index (χ1) is 10.4. The van der Waals surface area contributed by atoms with Gasteiger partial charge in [0, 0.05) is 19.2 Å². The number of hydrogen-bond donors (Lipinski definition) is 1. The summed E-state index contributed by atoms with van der Waals surface area (Å²) in [4.78, 5) is 2.43. The topological polar surface area (TPSA) is 41.1 Å². The molecule has 0 radical (unpaired) electrons. The summed E-state index contributed by atoms with van der Waals surface area (Å²) >= 11 is 0. The third-order valence-corrected chi connectivity index (χ3v) is 4.04. The Labute approximate surface area is 126 Å². The number of nitrogens with one attached hydrogen (secondary N) is 1. The van der Waals surface area contributed by atoms with Crippen molar-refractivity contribution in [3.8, 4) is 17.1 Å². The number of piperidine rings is 1. The van der Waals surface area contributed by atoms with Crippen LogP contribution in [0.2, 0.25) is 0 Å². The van der Waals surface area contributed by atoms with Crippen LogP contribution in [0.3, 0.4) is 0 Å². The molecule has 1 aromatic heterocycles. The molecule has 0 spiro atoms. The summed E-state index contributed by atoms with van der Waals surface area (Å²) in [7, 11) is 0. The molecule has 0 saturated carbocycles. The first-order valence-corrected chi connectivity index (χ1v) is 7.88. The van der Waals surface area contributed by atoms with Crippen LogP contribution < -0.4 is 4.74 Å². The van der Waals surface area contributed by atoms with E-state index in [1.165, 1.54) is 19.3 Å². The molecule has 1 saturated heterocycles. The lowest BCUT2D eigenvalue weighted by atomic mass is 10.1. The van der Waals surface area contributed by atoms with Gasteiger partial charge in [-0.25, -0.2) is 0 Å². The molecule has 21 heavy (non-hydrogen) atoms. The van der Waals surface area contributed by atoms with Crippen molar-refractivity contribution in [1.82, 2.24) is 15.1 Å². The fourth-order valence-electron chi connectivity index (χ4n) is 2.89. The van der Waals surface area contributed by atoms with E-state index in [1.807, 2.05) is 24.3 Å². The highest BCUT2D eigenvalue weighted by atomic mass is 16.5. The molecule has 4 heteroatoms. The van der Waals surface area contributed by atoms with Crippen LogP contribution in [0.15, 0.2) is 36.4 Å². The van der Waals surface area contributed by atoms with Gasteiger partial charge in [-0.1, -0.05) is 43.7 Å². The van der Waals surface area contributed by atoms with E-state index in [0.29, 0.717) is 5.88 Å². The number of rotatable bonds is 5. The molecule has 112 valence electrons. The van der Waals surface area contributed by atoms with Crippen molar-refractivity contribution in [2.75, 3.05) is 13.1 Å². The molecule has 3 rings (SSSR count). The van der Waals surface area contributed by atoms with Gasteiger partial charge in [0.05, 0.1) is 5.69 Å². The van der Waals surface area contributed by atoms with Gasteiger partial charge in [-0.3, -0.25) is 10.00 Å². The highest BCUT2D eigenvalue weighted by Gasteiger charge is 2.21. The van der Waals surface area contributed by atoms with Crippen LogP contribution in [0.1, 0.15) is 32.6 Å². The maximum atomic E-state index is 6.09. The molecule has 1 aromatic carbocycles. The van der Waals surface area contributed by atoms with Crippen LogP contribution in [0.5, 0.6) is 5.88 Å². The van der Waals surface area contributed by atoms with Crippen molar-refractivity contribution < 1.29 is 4.74 Å². The standard InChI is InChI=1S/C17H23N3O/c1-2-17(20-11-7-4-8-12-20)21-16-13-15(18-19-16)14-9-5-3-6-10-14/h3,5-6,9-10,13,17H,2,4,7-8,11-12H2,1H3,(H,18,19). The average molecular weight is 285 g/mol. The molecule has 1 fully saturated rings. The molecular weight excluding hydrogens is 262 g/mol. The van der Waals surface area contributed by atoms with Gasteiger partial charge in [0.25, 0.3) is 0 Å².